The Bertz CT molecular complexity index is 158. The molecule has 1 atom stereocenters. The summed E-state index contributed by atoms with van der Waals surface area (Å²) in [4.78, 5) is 0. The highest BCUT2D eigenvalue weighted by atomic mass is 16.5. The Morgan fingerprint density at radius 2 is 2.13 bits per heavy atom. The Balaban J connectivity index is 2.07. The summed E-state index contributed by atoms with van der Waals surface area (Å²) in [7, 11) is 0. The number of rotatable bonds is 8. The highest BCUT2D eigenvalue weighted by Crippen LogP contribution is 2.34. The molecule has 15 heavy (non-hydrogen) atoms. The van der Waals surface area contributed by atoms with Crippen LogP contribution in [0.4, 0.5) is 0 Å². The van der Waals surface area contributed by atoms with E-state index >= 15 is 0 Å². The third-order valence-electron chi connectivity index (χ3n) is 3.35. The molecule has 0 amide bonds. The molecule has 1 fully saturated rings. The molecular weight excluding hydrogens is 188 g/mol. The molecule has 0 saturated heterocycles. The van der Waals surface area contributed by atoms with E-state index in [0.717, 1.165) is 12.5 Å². The van der Waals surface area contributed by atoms with E-state index in [-0.39, 0.29) is 0 Å². The summed E-state index contributed by atoms with van der Waals surface area (Å²) in [6, 6.07) is 0.512. The van der Waals surface area contributed by atoms with Crippen LogP contribution in [0.25, 0.3) is 0 Å². The summed E-state index contributed by atoms with van der Waals surface area (Å²) < 4.78 is 5.55. The van der Waals surface area contributed by atoms with E-state index in [2.05, 4.69) is 19.3 Å². The lowest BCUT2D eigenvalue weighted by Gasteiger charge is -2.36. The molecule has 3 N–H and O–H groups in total. The summed E-state index contributed by atoms with van der Waals surface area (Å²) in [6.45, 7) is 5.15. The zero-order chi connectivity index (χ0) is 11.1. The van der Waals surface area contributed by atoms with Crippen LogP contribution in [0, 0.1) is 5.92 Å². The molecule has 0 bridgehead atoms. The summed E-state index contributed by atoms with van der Waals surface area (Å²) in [5.41, 5.74) is 2.94. The SMILES string of the molecule is CCCCC(CC1CC(OCC)C1)NN. The van der Waals surface area contributed by atoms with Crippen molar-refractivity contribution in [2.45, 2.75) is 64.5 Å². The summed E-state index contributed by atoms with van der Waals surface area (Å²) in [5.74, 6) is 6.39. The molecule has 90 valence electrons. The van der Waals surface area contributed by atoms with Crippen molar-refractivity contribution >= 4 is 0 Å². The Labute approximate surface area is 93.7 Å². The molecule has 0 radical (unpaired) electrons. The van der Waals surface area contributed by atoms with Gasteiger partial charge in [0.15, 0.2) is 0 Å². The number of hydrogen-bond donors (Lipinski definition) is 2. The van der Waals surface area contributed by atoms with Crippen LogP contribution >= 0.6 is 0 Å². The van der Waals surface area contributed by atoms with Gasteiger partial charge >= 0.3 is 0 Å². The van der Waals surface area contributed by atoms with Gasteiger partial charge in [0.1, 0.15) is 0 Å². The van der Waals surface area contributed by atoms with Crippen LogP contribution in [0.2, 0.25) is 0 Å². The van der Waals surface area contributed by atoms with E-state index in [1.165, 1.54) is 38.5 Å². The highest BCUT2D eigenvalue weighted by molar-refractivity contribution is 4.83. The predicted molar refractivity (Wildman–Crippen MR) is 63.4 cm³/mol. The third kappa shape index (κ3) is 4.49. The molecule has 1 rings (SSSR count). The zero-order valence-electron chi connectivity index (χ0n) is 10.2. The Morgan fingerprint density at radius 3 is 2.67 bits per heavy atom. The molecule has 0 aromatic rings. The van der Waals surface area contributed by atoms with E-state index in [9.17, 15) is 0 Å². The third-order valence-corrected chi connectivity index (χ3v) is 3.35. The number of ether oxygens (including phenoxy) is 1. The van der Waals surface area contributed by atoms with Crippen molar-refractivity contribution in [1.29, 1.82) is 0 Å². The van der Waals surface area contributed by atoms with Gasteiger partial charge in [0.05, 0.1) is 6.10 Å². The van der Waals surface area contributed by atoms with Gasteiger partial charge in [-0.2, -0.15) is 0 Å². The fraction of sp³-hybridized carbons (Fsp3) is 1.00. The fourth-order valence-electron chi connectivity index (χ4n) is 2.36. The maximum atomic E-state index is 5.55. The van der Waals surface area contributed by atoms with Gasteiger partial charge in [0.2, 0.25) is 0 Å². The van der Waals surface area contributed by atoms with Gasteiger partial charge in [-0.1, -0.05) is 19.8 Å². The van der Waals surface area contributed by atoms with Crippen molar-refractivity contribution in [3.05, 3.63) is 0 Å². The quantitative estimate of drug-likeness (QED) is 0.481. The monoisotopic (exact) mass is 214 g/mol. The molecule has 0 spiro atoms. The first-order valence-electron chi connectivity index (χ1n) is 6.37. The second-order valence-electron chi connectivity index (χ2n) is 4.66. The lowest BCUT2D eigenvalue weighted by molar-refractivity contribution is -0.0293. The summed E-state index contributed by atoms with van der Waals surface area (Å²) in [5, 5.41) is 0. The topological polar surface area (TPSA) is 47.3 Å². The molecular formula is C12H26N2O. The van der Waals surface area contributed by atoms with Crippen molar-refractivity contribution in [3.63, 3.8) is 0 Å². The molecule has 0 aromatic heterocycles. The first-order chi connectivity index (χ1) is 7.30. The maximum absolute atomic E-state index is 5.55. The average molecular weight is 214 g/mol. The largest absolute Gasteiger partial charge is 0.378 e. The summed E-state index contributed by atoms with van der Waals surface area (Å²) in [6.07, 6.45) is 7.96. The minimum Gasteiger partial charge on any atom is -0.378 e. The molecule has 3 nitrogen and oxygen atoms in total. The van der Waals surface area contributed by atoms with Crippen LogP contribution in [0.1, 0.15) is 52.4 Å². The van der Waals surface area contributed by atoms with Gasteiger partial charge in [-0.05, 0) is 38.5 Å². The Hall–Kier alpha value is -0.120. The van der Waals surface area contributed by atoms with E-state index in [0.29, 0.717) is 12.1 Å². The smallest absolute Gasteiger partial charge is 0.0580 e. The van der Waals surface area contributed by atoms with Crippen LogP contribution in [0.3, 0.4) is 0 Å². The second-order valence-corrected chi connectivity index (χ2v) is 4.66. The first-order valence-corrected chi connectivity index (χ1v) is 6.37. The first kappa shape index (κ1) is 12.9. The number of nitrogens with one attached hydrogen (secondary N) is 1. The van der Waals surface area contributed by atoms with Crippen LogP contribution in [-0.4, -0.2) is 18.8 Å². The predicted octanol–water partition coefficient (Wildman–Crippen LogP) is 2.21. The molecule has 0 heterocycles. The maximum Gasteiger partial charge on any atom is 0.0580 e. The van der Waals surface area contributed by atoms with Crippen molar-refractivity contribution in [1.82, 2.24) is 5.43 Å². The van der Waals surface area contributed by atoms with Gasteiger partial charge in [-0.3, -0.25) is 11.3 Å². The lowest BCUT2D eigenvalue weighted by atomic mass is 9.77. The van der Waals surface area contributed by atoms with Gasteiger partial charge in [0, 0.05) is 12.6 Å². The molecule has 1 saturated carbocycles. The van der Waals surface area contributed by atoms with Gasteiger partial charge in [-0.15, -0.1) is 0 Å². The molecule has 0 aliphatic heterocycles. The molecule has 1 aliphatic rings. The Kier molecular flexibility index (Phi) is 6.22. The van der Waals surface area contributed by atoms with Crippen LogP contribution < -0.4 is 11.3 Å². The Morgan fingerprint density at radius 1 is 1.40 bits per heavy atom. The van der Waals surface area contributed by atoms with E-state index in [4.69, 9.17) is 10.6 Å². The normalized spacial score (nSPS) is 27.4. The zero-order valence-corrected chi connectivity index (χ0v) is 10.2. The average Bonchev–Trinajstić information content (AvgIpc) is 2.20. The van der Waals surface area contributed by atoms with Gasteiger partial charge in [-0.25, -0.2) is 0 Å². The number of nitrogens with two attached hydrogens (primary N) is 1. The highest BCUT2D eigenvalue weighted by Gasteiger charge is 2.30. The minimum absolute atomic E-state index is 0.512. The molecule has 0 aromatic carbocycles. The summed E-state index contributed by atoms with van der Waals surface area (Å²) >= 11 is 0. The van der Waals surface area contributed by atoms with Gasteiger partial charge < -0.3 is 4.74 Å². The lowest BCUT2D eigenvalue weighted by Crippen LogP contribution is -2.40. The molecule has 1 unspecified atom stereocenters. The van der Waals surface area contributed by atoms with Crippen molar-refractivity contribution in [2.24, 2.45) is 11.8 Å². The fourth-order valence-corrected chi connectivity index (χ4v) is 2.36. The number of hydrazine groups is 1. The molecule has 3 heteroatoms. The number of unbranched alkanes of at least 4 members (excludes halogenated alkanes) is 1. The van der Waals surface area contributed by atoms with Crippen molar-refractivity contribution in [3.8, 4) is 0 Å². The van der Waals surface area contributed by atoms with E-state index < -0.39 is 0 Å². The second kappa shape index (κ2) is 7.20. The van der Waals surface area contributed by atoms with E-state index in [1.54, 1.807) is 0 Å². The number of hydrogen-bond acceptors (Lipinski definition) is 3. The minimum atomic E-state index is 0.512. The van der Waals surface area contributed by atoms with Crippen LogP contribution in [0.15, 0.2) is 0 Å². The van der Waals surface area contributed by atoms with Crippen LogP contribution in [-0.2, 0) is 4.74 Å². The van der Waals surface area contributed by atoms with Crippen LogP contribution in [0.5, 0.6) is 0 Å². The van der Waals surface area contributed by atoms with Gasteiger partial charge in [0.25, 0.3) is 0 Å². The van der Waals surface area contributed by atoms with Crippen molar-refractivity contribution < 1.29 is 4.74 Å². The van der Waals surface area contributed by atoms with E-state index in [1.807, 2.05) is 0 Å². The van der Waals surface area contributed by atoms with Crippen molar-refractivity contribution in [2.75, 3.05) is 6.61 Å². The standard InChI is InChI=1S/C12H26N2O/c1-3-5-6-11(14-13)7-10-8-12(9-10)15-4-2/h10-12,14H,3-9,13H2,1-2H3. The molecule has 1 aliphatic carbocycles.